The van der Waals surface area contributed by atoms with Crippen molar-refractivity contribution < 1.29 is 9.47 Å². The summed E-state index contributed by atoms with van der Waals surface area (Å²) >= 11 is 3.37. The van der Waals surface area contributed by atoms with Crippen LogP contribution in [0, 0.1) is 0 Å². The van der Waals surface area contributed by atoms with Gasteiger partial charge in [-0.3, -0.25) is 0 Å². The second kappa shape index (κ2) is 7.58. The molecule has 0 aliphatic carbocycles. The van der Waals surface area contributed by atoms with Gasteiger partial charge in [0, 0.05) is 26.7 Å². The van der Waals surface area contributed by atoms with Crippen molar-refractivity contribution in [2.45, 2.75) is 26.1 Å². The Morgan fingerprint density at radius 2 is 2.06 bits per heavy atom. The van der Waals surface area contributed by atoms with Gasteiger partial charge in [-0.15, -0.1) is 0 Å². The Kier molecular flexibility index (Phi) is 6.39. The molecule has 0 amide bonds. The van der Waals surface area contributed by atoms with Crippen LogP contribution in [-0.4, -0.2) is 37.0 Å². The van der Waals surface area contributed by atoms with E-state index in [9.17, 15) is 0 Å². The molecule has 0 aromatic carbocycles. The number of hydrogen-bond acceptors (Lipinski definition) is 5. The molecule has 0 unspecified atom stereocenters. The van der Waals surface area contributed by atoms with E-state index in [1.807, 2.05) is 6.07 Å². The highest BCUT2D eigenvalue weighted by Gasteiger charge is 2.06. The average Bonchev–Trinajstić information content (AvgIpc) is 2.30. The van der Waals surface area contributed by atoms with Gasteiger partial charge in [0.15, 0.2) is 6.29 Å². The van der Waals surface area contributed by atoms with E-state index in [4.69, 9.17) is 9.47 Å². The van der Waals surface area contributed by atoms with Crippen molar-refractivity contribution in [1.82, 2.24) is 9.97 Å². The summed E-state index contributed by atoms with van der Waals surface area (Å²) < 4.78 is 11.0. The molecule has 5 nitrogen and oxygen atoms in total. The predicted octanol–water partition coefficient (Wildman–Crippen LogP) is 2.22. The van der Waals surface area contributed by atoms with Crippen LogP contribution in [0.4, 0.5) is 5.82 Å². The van der Waals surface area contributed by atoms with Crippen molar-refractivity contribution in [3.8, 4) is 0 Å². The number of anilines is 1. The fourth-order valence-corrected chi connectivity index (χ4v) is 1.76. The molecule has 0 saturated carbocycles. The number of ether oxygens (including phenoxy) is 2. The van der Waals surface area contributed by atoms with Crippen LogP contribution in [0.3, 0.4) is 0 Å². The summed E-state index contributed by atoms with van der Waals surface area (Å²) in [5, 5.41) is 3.16. The second-order valence-corrected chi connectivity index (χ2v) is 4.34. The number of aryl methyl sites for hydroxylation is 1. The van der Waals surface area contributed by atoms with Crippen LogP contribution in [0.15, 0.2) is 10.7 Å². The summed E-state index contributed by atoms with van der Waals surface area (Å²) in [6.07, 6.45) is 1.61. The lowest BCUT2D eigenvalue weighted by molar-refractivity contribution is -0.0914. The fourth-order valence-electron chi connectivity index (χ4n) is 1.34. The van der Waals surface area contributed by atoms with Gasteiger partial charge in [-0.25, -0.2) is 9.97 Å². The van der Waals surface area contributed by atoms with E-state index < -0.39 is 0 Å². The quantitative estimate of drug-likeness (QED) is 0.618. The van der Waals surface area contributed by atoms with Crippen molar-refractivity contribution in [2.75, 3.05) is 26.1 Å². The SMILES string of the molecule is CCCc1nc(Br)cc(NCC(OC)OC)n1. The van der Waals surface area contributed by atoms with Crippen molar-refractivity contribution >= 4 is 21.7 Å². The Morgan fingerprint density at radius 3 is 2.65 bits per heavy atom. The van der Waals surface area contributed by atoms with Gasteiger partial charge < -0.3 is 14.8 Å². The third kappa shape index (κ3) is 4.97. The molecule has 1 rings (SSSR count). The van der Waals surface area contributed by atoms with Gasteiger partial charge in [0.25, 0.3) is 0 Å². The summed E-state index contributed by atoms with van der Waals surface area (Å²) in [5.41, 5.74) is 0. The Bertz CT molecular complexity index is 345. The zero-order chi connectivity index (χ0) is 12.7. The molecule has 0 saturated heterocycles. The van der Waals surface area contributed by atoms with Gasteiger partial charge in [0.2, 0.25) is 0 Å². The van der Waals surface area contributed by atoms with Gasteiger partial charge in [-0.05, 0) is 22.4 Å². The lowest BCUT2D eigenvalue weighted by Gasteiger charge is -2.14. The number of halogens is 1. The number of hydrogen-bond donors (Lipinski definition) is 1. The summed E-state index contributed by atoms with van der Waals surface area (Å²) in [6.45, 7) is 2.64. The molecule has 0 bridgehead atoms. The molecule has 0 aliphatic heterocycles. The van der Waals surface area contributed by atoms with E-state index in [-0.39, 0.29) is 6.29 Å². The van der Waals surface area contributed by atoms with Gasteiger partial charge >= 0.3 is 0 Å². The zero-order valence-corrected chi connectivity index (χ0v) is 12.0. The van der Waals surface area contributed by atoms with Gasteiger partial charge in [0.05, 0.1) is 6.54 Å². The number of nitrogens with one attached hydrogen (secondary N) is 1. The van der Waals surface area contributed by atoms with Gasteiger partial charge in [0.1, 0.15) is 16.2 Å². The molecule has 6 heteroatoms. The molecule has 0 aliphatic rings. The maximum Gasteiger partial charge on any atom is 0.173 e. The number of aromatic nitrogens is 2. The number of nitrogens with zero attached hydrogens (tertiary/aromatic N) is 2. The first-order valence-electron chi connectivity index (χ1n) is 5.52. The van der Waals surface area contributed by atoms with Crippen LogP contribution in [0.25, 0.3) is 0 Å². The zero-order valence-electron chi connectivity index (χ0n) is 10.4. The topological polar surface area (TPSA) is 56.3 Å². The van der Waals surface area contributed by atoms with Crippen LogP contribution in [0.2, 0.25) is 0 Å². The van der Waals surface area contributed by atoms with Gasteiger partial charge in [-0.2, -0.15) is 0 Å². The van der Waals surface area contributed by atoms with Crippen LogP contribution in [0.5, 0.6) is 0 Å². The molecule has 1 N–H and O–H groups in total. The van der Waals surface area contributed by atoms with E-state index in [0.717, 1.165) is 29.1 Å². The fraction of sp³-hybridized carbons (Fsp3) is 0.636. The first-order chi connectivity index (χ1) is 8.19. The minimum absolute atomic E-state index is 0.279. The second-order valence-electron chi connectivity index (χ2n) is 3.52. The Morgan fingerprint density at radius 1 is 1.35 bits per heavy atom. The van der Waals surface area contributed by atoms with Crippen LogP contribution in [-0.2, 0) is 15.9 Å². The highest BCUT2D eigenvalue weighted by Crippen LogP contribution is 2.13. The lowest BCUT2D eigenvalue weighted by atomic mass is 10.3. The van der Waals surface area contributed by atoms with Crippen molar-refractivity contribution in [3.63, 3.8) is 0 Å². The molecule has 0 radical (unpaired) electrons. The maximum absolute atomic E-state index is 5.09. The molecule has 0 fully saturated rings. The summed E-state index contributed by atoms with van der Waals surface area (Å²) in [4.78, 5) is 8.69. The highest BCUT2D eigenvalue weighted by atomic mass is 79.9. The molecule has 1 aromatic rings. The molecule has 1 heterocycles. The molecule has 17 heavy (non-hydrogen) atoms. The summed E-state index contributed by atoms with van der Waals surface area (Å²) in [5.74, 6) is 1.60. The maximum atomic E-state index is 5.09. The monoisotopic (exact) mass is 303 g/mol. The standard InChI is InChI=1S/C11H18BrN3O2/c1-4-5-9-14-8(12)6-10(15-9)13-7-11(16-2)17-3/h6,11H,4-5,7H2,1-3H3,(H,13,14,15). The molecule has 96 valence electrons. The Balaban J connectivity index is 2.63. The van der Waals surface area contributed by atoms with Crippen molar-refractivity contribution in [1.29, 1.82) is 0 Å². The van der Waals surface area contributed by atoms with E-state index in [1.165, 1.54) is 0 Å². The largest absolute Gasteiger partial charge is 0.365 e. The van der Waals surface area contributed by atoms with Crippen LogP contribution < -0.4 is 5.32 Å². The summed E-state index contributed by atoms with van der Waals surface area (Å²) in [7, 11) is 3.21. The molecular weight excluding hydrogens is 286 g/mol. The van der Waals surface area contributed by atoms with Crippen molar-refractivity contribution in [3.05, 3.63) is 16.5 Å². The summed E-state index contributed by atoms with van der Waals surface area (Å²) in [6, 6.07) is 1.83. The van der Waals surface area contributed by atoms with E-state index in [2.05, 4.69) is 38.1 Å². The van der Waals surface area contributed by atoms with Gasteiger partial charge in [-0.1, -0.05) is 6.92 Å². The third-order valence-corrected chi connectivity index (χ3v) is 2.60. The van der Waals surface area contributed by atoms with E-state index >= 15 is 0 Å². The normalized spacial score (nSPS) is 10.9. The minimum atomic E-state index is -0.279. The van der Waals surface area contributed by atoms with E-state index in [1.54, 1.807) is 14.2 Å². The van der Waals surface area contributed by atoms with Crippen LogP contribution in [0.1, 0.15) is 19.2 Å². The highest BCUT2D eigenvalue weighted by molar-refractivity contribution is 9.10. The molecule has 0 atom stereocenters. The minimum Gasteiger partial charge on any atom is -0.365 e. The van der Waals surface area contributed by atoms with Crippen LogP contribution >= 0.6 is 15.9 Å². The van der Waals surface area contributed by atoms with E-state index in [0.29, 0.717) is 6.54 Å². The molecular formula is C11H18BrN3O2. The van der Waals surface area contributed by atoms with Crippen molar-refractivity contribution in [2.24, 2.45) is 0 Å². The predicted molar refractivity (Wildman–Crippen MR) is 70.0 cm³/mol. The smallest absolute Gasteiger partial charge is 0.173 e. The number of methoxy groups -OCH3 is 2. The third-order valence-electron chi connectivity index (χ3n) is 2.19. The Hall–Kier alpha value is -0.720. The first kappa shape index (κ1) is 14.3. The molecule has 1 aromatic heterocycles. The lowest BCUT2D eigenvalue weighted by Crippen LogP contribution is -2.24. The average molecular weight is 304 g/mol. The first-order valence-corrected chi connectivity index (χ1v) is 6.31. The molecule has 0 spiro atoms. The number of rotatable bonds is 7. The Labute approximate surface area is 110 Å².